The summed E-state index contributed by atoms with van der Waals surface area (Å²) in [6.45, 7) is 2.69. The molecule has 1 aliphatic heterocycles. The van der Waals surface area contributed by atoms with Crippen molar-refractivity contribution < 1.29 is 9.94 Å². The molecule has 1 atom stereocenters. The molecule has 1 unspecified atom stereocenters. The first-order valence-corrected chi connectivity index (χ1v) is 4.46. The van der Waals surface area contributed by atoms with Gasteiger partial charge in [-0.1, -0.05) is 12.1 Å². The van der Waals surface area contributed by atoms with Crippen LogP contribution >= 0.6 is 0 Å². The van der Waals surface area contributed by atoms with Gasteiger partial charge in [0.2, 0.25) is 0 Å². The molecule has 0 saturated carbocycles. The normalized spacial score (nSPS) is 16.5. The summed E-state index contributed by atoms with van der Waals surface area (Å²) in [5.41, 5.74) is 4.56. The Hall–Kier alpha value is -1.06. The second kappa shape index (κ2) is 3.36. The molecule has 1 heterocycles. The molecule has 3 nitrogen and oxygen atoms in total. The average molecular weight is 179 g/mol. The minimum Gasteiger partial charge on any atom is -0.493 e. The summed E-state index contributed by atoms with van der Waals surface area (Å²) in [6, 6.07) is 5.99. The Bertz CT molecular complexity index is 312. The zero-order valence-electron chi connectivity index (χ0n) is 7.58. The summed E-state index contributed by atoms with van der Waals surface area (Å²) < 4.78 is 5.38. The minimum atomic E-state index is -0.0223. The smallest absolute Gasteiger partial charge is 0.122 e. The number of benzene rings is 1. The van der Waals surface area contributed by atoms with Crippen LogP contribution in [0, 0.1) is 0 Å². The first kappa shape index (κ1) is 8.53. The van der Waals surface area contributed by atoms with E-state index in [2.05, 4.69) is 11.5 Å². The minimum absolute atomic E-state index is 0.0223. The number of nitrogens with one attached hydrogen (secondary N) is 1. The summed E-state index contributed by atoms with van der Waals surface area (Å²) in [5, 5.41) is 8.76. The Kier molecular flexibility index (Phi) is 2.20. The maximum absolute atomic E-state index is 8.76. The van der Waals surface area contributed by atoms with E-state index in [1.54, 1.807) is 0 Å². The molecule has 2 N–H and O–H groups in total. The Morgan fingerprint density at radius 1 is 1.54 bits per heavy atom. The lowest BCUT2D eigenvalue weighted by Crippen LogP contribution is -2.13. The molecule has 1 aromatic carbocycles. The fourth-order valence-electron chi connectivity index (χ4n) is 1.55. The van der Waals surface area contributed by atoms with Gasteiger partial charge in [0, 0.05) is 6.42 Å². The third-order valence-corrected chi connectivity index (χ3v) is 2.41. The summed E-state index contributed by atoms with van der Waals surface area (Å²) in [6.07, 6.45) is 0.974. The number of ether oxygens (including phenoxy) is 1. The van der Waals surface area contributed by atoms with Crippen molar-refractivity contribution in [3.63, 3.8) is 0 Å². The van der Waals surface area contributed by atoms with Gasteiger partial charge in [-0.2, -0.15) is 5.48 Å². The predicted octanol–water partition coefficient (Wildman–Crippen LogP) is 1.66. The lowest BCUT2D eigenvalue weighted by Gasteiger charge is -2.10. The number of hydrogen-bond acceptors (Lipinski definition) is 3. The van der Waals surface area contributed by atoms with Crippen LogP contribution in [0.3, 0.4) is 0 Å². The third kappa shape index (κ3) is 1.53. The van der Waals surface area contributed by atoms with E-state index in [9.17, 15) is 0 Å². The van der Waals surface area contributed by atoms with Gasteiger partial charge in [-0.05, 0) is 24.1 Å². The van der Waals surface area contributed by atoms with Crippen molar-refractivity contribution in [2.75, 3.05) is 6.61 Å². The molecule has 0 fully saturated rings. The molecule has 0 bridgehead atoms. The van der Waals surface area contributed by atoms with Crippen LogP contribution in [0.25, 0.3) is 0 Å². The number of hydrogen-bond donors (Lipinski definition) is 2. The number of hydroxylamine groups is 1. The van der Waals surface area contributed by atoms with E-state index >= 15 is 0 Å². The third-order valence-electron chi connectivity index (χ3n) is 2.41. The van der Waals surface area contributed by atoms with E-state index in [1.165, 1.54) is 5.56 Å². The van der Waals surface area contributed by atoms with E-state index in [1.807, 2.05) is 19.1 Å². The average Bonchev–Trinajstić information content (AvgIpc) is 2.63. The van der Waals surface area contributed by atoms with Gasteiger partial charge in [0.05, 0.1) is 12.6 Å². The van der Waals surface area contributed by atoms with E-state index in [0.29, 0.717) is 0 Å². The van der Waals surface area contributed by atoms with Gasteiger partial charge in [-0.15, -0.1) is 0 Å². The first-order chi connectivity index (χ1) is 6.31. The highest BCUT2D eigenvalue weighted by atomic mass is 16.5. The Morgan fingerprint density at radius 2 is 2.38 bits per heavy atom. The fraction of sp³-hybridized carbons (Fsp3) is 0.400. The van der Waals surface area contributed by atoms with Gasteiger partial charge in [0.25, 0.3) is 0 Å². The molecule has 3 heteroatoms. The van der Waals surface area contributed by atoms with Gasteiger partial charge in [-0.3, -0.25) is 0 Å². The molecule has 0 spiro atoms. The molecule has 0 radical (unpaired) electrons. The van der Waals surface area contributed by atoms with Crippen molar-refractivity contribution in [2.24, 2.45) is 0 Å². The molecule has 0 amide bonds. The van der Waals surface area contributed by atoms with Crippen molar-refractivity contribution in [3.05, 3.63) is 29.3 Å². The molecule has 0 aromatic heterocycles. The first-order valence-electron chi connectivity index (χ1n) is 4.46. The standard InChI is InChI=1S/C10H13NO2/c1-7(11-12)8-2-3-10-9(6-8)4-5-13-10/h2-3,6-7,11-12H,4-5H2,1H3. The Balaban J connectivity index is 2.30. The maximum atomic E-state index is 8.76. The van der Waals surface area contributed by atoms with Crippen LogP contribution in [0.5, 0.6) is 5.75 Å². The SMILES string of the molecule is CC(NO)c1ccc2c(c1)CCO2. The molecule has 13 heavy (non-hydrogen) atoms. The molecule has 1 aliphatic rings. The molecular weight excluding hydrogens is 166 g/mol. The summed E-state index contributed by atoms with van der Waals surface area (Å²) in [7, 11) is 0. The highest BCUT2D eigenvalue weighted by Gasteiger charge is 2.13. The van der Waals surface area contributed by atoms with Crippen LogP contribution < -0.4 is 10.2 Å². The molecular formula is C10H13NO2. The van der Waals surface area contributed by atoms with Crippen LogP contribution in [0.1, 0.15) is 24.1 Å². The van der Waals surface area contributed by atoms with E-state index in [4.69, 9.17) is 9.94 Å². The van der Waals surface area contributed by atoms with E-state index < -0.39 is 0 Å². The largest absolute Gasteiger partial charge is 0.493 e. The summed E-state index contributed by atoms with van der Waals surface area (Å²) in [5.74, 6) is 0.980. The molecule has 70 valence electrons. The Labute approximate surface area is 77.3 Å². The van der Waals surface area contributed by atoms with Crippen LogP contribution in [-0.2, 0) is 6.42 Å². The predicted molar refractivity (Wildman–Crippen MR) is 49.0 cm³/mol. The summed E-state index contributed by atoms with van der Waals surface area (Å²) in [4.78, 5) is 0. The quantitative estimate of drug-likeness (QED) is 0.678. The van der Waals surface area contributed by atoms with Gasteiger partial charge in [0.1, 0.15) is 5.75 Å². The monoisotopic (exact) mass is 179 g/mol. The van der Waals surface area contributed by atoms with E-state index in [0.717, 1.165) is 24.3 Å². The maximum Gasteiger partial charge on any atom is 0.122 e. The topological polar surface area (TPSA) is 41.5 Å². The summed E-state index contributed by atoms with van der Waals surface area (Å²) >= 11 is 0. The highest BCUT2D eigenvalue weighted by molar-refractivity contribution is 5.40. The molecule has 0 saturated heterocycles. The lowest BCUT2D eigenvalue weighted by atomic mass is 10.0. The zero-order valence-corrected chi connectivity index (χ0v) is 7.58. The van der Waals surface area contributed by atoms with Crippen LogP contribution in [0.15, 0.2) is 18.2 Å². The molecule has 1 aromatic rings. The van der Waals surface area contributed by atoms with Crippen molar-refractivity contribution in [1.82, 2.24) is 5.48 Å². The van der Waals surface area contributed by atoms with Crippen LogP contribution in [0.2, 0.25) is 0 Å². The molecule has 2 rings (SSSR count). The lowest BCUT2D eigenvalue weighted by molar-refractivity contribution is 0.133. The van der Waals surface area contributed by atoms with Crippen molar-refractivity contribution in [2.45, 2.75) is 19.4 Å². The fourth-order valence-corrected chi connectivity index (χ4v) is 1.55. The van der Waals surface area contributed by atoms with Gasteiger partial charge >= 0.3 is 0 Å². The van der Waals surface area contributed by atoms with Gasteiger partial charge < -0.3 is 9.94 Å². The van der Waals surface area contributed by atoms with E-state index in [-0.39, 0.29) is 6.04 Å². The second-order valence-electron chi connectivity index (χ2n) is 3.32. The zero-order chi connectivity index (χ0) is 9.26. The number of rotatable bonds is 2. The highest BCUT2D eigenvalue weighted by Crippen LogP contribution is 2.27. The second-order valence-corrected chi connectivity index (χ2v) is 3.32. The number of fused-ring (bicyclic) bond motifs is 1. The van der Waals surface area contributed by atoms with Crippen molar-refractivity contribution in [1.29, 1.82) is 0 Å². The van der Waals surface area contributed by atoms with Gasteiger partial charge in [0.15, 0.2) is 0 Å². The van der Waals surface area contributed by atoms with Crippen LogP contribution in [-0.4, -0.2) is 11.8 Å². The Morgan fingerprint density at radius 3 is 3.15 bits per heavy atom. The van der Waals surface area contributed by atoms with Crippen molar-refractivity contribution in [3.8, 4) is 5.75 Å². The molecule has 0 aliphatic carbocycles. The van der Waals surface area contributed by atoms with Gasteiger partial charge in [-0.25, -0.2) is 0 Å². The van der Waals surface area contributed by atoms with Crippen molar-refractivity contribution >= 4 is 0 Å². The van der Waals surface area contributed by atoms with Crippen LogP contribution in [0.4, 0.5) is 0 Å².